The maximum absolute atomic E-state index is 5.62. The molecule has 0 fully saturated rings. The van der Waals surface area contributed by atoms with Gasteiger partial charge in [0, 0.05) is 0 Å². The van der Waals surface area contributed by atoms with Crippen molar-refractivity contribution in [3.8, 4) is 44.5 Å². The fourth-order valence-electron chi connectivity index (χ4n) is 4.67. The van der Waals surface area contributed by atoms with Crippen molar-refractivity contribution >= 4 is 22.5 Å². The third-order valence-corrected chi connectivity index (χ3v) is 26.7. The average Bonchev–Trinajstić information content (AvgIpc) is 3.50. The van der Waals surface area contributed by atoms with Crippen LogP contribution in [-0.4, -0.2) is 5.43 Å². The van der Waals surface area contributed by atoms with Gasteiger partial charge in [-0.05, 0) is 24.0 Å². The van der Waals surface area contributed by atoms with Crippen LogP contribution in [-0.2, 0) is 30.8 Å². The zero-order valence-corrected chi connectivity index (χ0v) is 29.7. The standard InChI is InChI=1S/2C18H15.C2H6Si.2ClH.Zr/c2*1-2-14-12-16-10-6-7-11-17(18(16)13-14)15-8-4-3-5-9-15;1-3-2;;;/h2*3-11,13H,2H2,1H3;1-2H3;2*1H;/q2*-1;;;;+2/p-2. The molecule has 2 aromatic rings. The number of hydrogen-bond acceptors (Lipinski definition) is 0. The summed E-state index contributed by atoms with van der Waals surface area (Å²) in [5.41, 5.74) is 12.4. The Bertz CT molecular complexity index is 1540. The minimum atomic E-state index is -1.65. The van der Waals surface area contributed by atoms with E-state index in [9.17, 15) is 0 Å². The van der Waals surface area contributed by atoms with Crippen molar-refractivity contribution in [2.75, 3.05) is 0 Å². The SMILES string of the molecule is CCc1[c-]c2ccccc(-c3ccccc3)c-2c1.CCc1[c-]c2ccccc(-c3ccccc3)c-2c1.C[Si](C)=[Zr]([Cl])[Cl]. The van der Waals surface area contributed by atoms with Crippen LogP contribution in [0.25, 0.3) is 44.5 Å². The van der Waals surface area contributed by atoms with Crippen LogP contribution in [0.1, 0.15) is 25.0 Å². The van der Waals surface area contributed by atoms with Gasteiger partial charge in [-0.3, -0.25) is 0 Å². The number of rotatable bonds is 4. The molecule has 0 saturated heterocycles. The molecule has 4 aliphatic carbocycles. The topological polar surface area (TPSA) is 0 Å². The van der Waals surface area contributed by atoms with Gasteiger partial charge in [-0.1, -0.05) is 110 Å². The fraction of sp³-hybridized carbons (Fsp3) is 0.158. The molecule has 4 heteroatoms. The Kier molecular flexibility index (Phi) is 12.7. The third-order valence-electron chi connectivity index (χ3n) is 6.97. The Morgan fingerprint density at radius 2 is 0.857 bits per heavy atom. The maximum atomic E-state index is 5.62. The summed E-state index contributed by atoms with van der Waals surface area (Å²) in [6.07, 6.45) is 2.07. The molecule has 2 aromatic carbocycles. The van der Waals surface area contributed by atoms with E-state index in [1.54, 1.807) is 0 Å². The summed E-state index contributed by atoms with van der Waals surface area (Å²) in [4.78, 5) is 0. The van der Waals surface area contributed by atoms with Crippen LogP contribution < -0.4 is 0 Å². The van der Waals surface area contributed by atoms with Gasteiger partial charge in [-0.25, -0.2) is 0 Å². The molecule has 0 atom stereocenters. The van der Waals surface area contributed by atoms with Gasteiger partial charge in [0.1, 0.15) is 0 Å². The van der Waals surface area contributed by atoms with E-state index in [4.69, 9.17) is 17.0 Å². The molecule has 6 rings (SSSR count). The Morgan fingerprint density at radius 3 is 1.19 bits per heavy atom. The molecular formula is C38H36Cl2SiZr-2. The monoisotopic (exact) mass is 680 g/mol. The number of hydrogen-bond donors (Lipinski definition) is 0. The van der Waals surface area contributed by atoms with E-state index in [2.05, 4.69) is 160 Å². The van der Waals surface area contributed by atoms with Crippen molar-refractivity contribution < 1.29 is 18.0 Å². The van der Waals surface area contributed by atoms with E-state index >= 15 is 0 Å². The van der Waals surface area contributed by atoms with E-state index in [-0.39, 0.29) is 5.43 Å². The van der Waals surface area contributed by atoms with Crippen LogP contribution in [0.5, 0.6) is 0 Å². The fourth-order valence-corrected chi connectivity index (χ4v) is 4.67. The predicted octanol–water partition coefficient (Wildman–Crippen LogP) is 11.8. The van der Waals surface area contributed by atoms with Crippen molar-refractivity contribution in [1.29, 1.82) is 0 Å². The van der Waals surface area contributed by atoms with Gasteiger partial charge in [-0.15, -0.1) is 58.7 Å². The Labute approximate surface area is 267 Å². The first kappa shape index (κ1) is 32.4. The van der Waals surface area contributed by atoms with E-state index < -0.39 is 18.0 Å². The van der Waals surface area contributed by atoms with Crippen molar-refractivity contribution in [2.45, 2.75) is 39.8 Å². The van der Waals surface area contributed by atoms with Gasteiger partial charge in [0.15, 0.2) is 0 Å². The van der Waals surface area contributed by atoms with Crippen LogP contribution in [0, 0.1) is 12.1 Å². The average molecular weight is 683 g/mol. The normalized spacial score (nSPS) is 10.3. The summed E-state index contributed by atoms with van der Waals surface area (Å²) in [5, 5.41) is 0. The molecule has 0 nitrogen and oxygen atoms in total. The summed E-state index contributed by atoms with van der Waals surface area (Å²) in [7, 11) is 11.2. The van der Waals surface area contributed by atoms with Crippen molar-refractivity contribution in [3.63, 3.8) is 0 Å². The molecule has 4 aliphatic rings. The molecule has 0 saturated carbocycles. The molecule has 0 bridgehead atoms. The van der Waals surface area contributed by atoms with E-state index in [0.29, 0.717) is 0 Å². The molecule has 212 valence electrons. The molecule has 42 heavy (non-hydrogen) atoms. The number of fused-ring (bicyclic) bond motifs is 2. The summed E-state index contributed by atoms with van der Waals surface area (Å²) in [5.74, 6) is 0. The molecule has 0 heterocycles. The van der Waals surface area contributed by atoms with E-state index in [0.717, 1.165) is 12.8 Å². The first-order valence-electron chi connectivity index (χ1n) is 14.4. The van der Waals surface area contributed by atoms with Crippen LogP contribution >= 0.6 is 17.0 Å². The van der Waals surface area contributed by atoms with Gasteiger partial charge >= 0.3 is 53.5 Å². The van der Waals surface area contributed by atoms with E-state index in [1.165, 1.54) is 55.6 Å². The predicted molar refractivity (Wildman–Crippen MR) is 183 cm³/mol. The quantitative estimate of drug-likeness (QED) is 0.128. The second kappa shape index (κ2) is 16.4. The van der Waals surface area contributed by atoms with Gasteiger partial charge in [0.25, 0.3) is 0 Å². The molecule has 0 aliphatic heterocycles. The minimum absolute atomic E-state index is 0.224. The van der Waals surface area contributed by atoms with Crippen molar-refractivity contribution in [3.05, 3.63) is 145 Å². The summed E-state index contributed by atoms with van der Waals surface area (Å²) < 4.78 is 0. The Hall–Kier alpha value is -2.48. The number of benzene rings is 2. The van der Waals surface area contributed by atoms with Crippen LogP contribution in [0.15, 0.2) is 121 Å². The molecule has 0 amide bonds. The van der Waals surface area contributed by atoms with Crippen molar-refractivity contribution in [2.24, 2.45) is 0 Å². The molecule has 0 spiro atoms. The van der Waals surface area contributed by atoms with Gasteiger partial charge in [0.2, 0.25) is 0 Å². The summed E-state index contributed by atoms with van der Waals surface area (Å²) >= 11 is -1.65. The van der Waals surface area contributed by atoms with Gasteiger partial charge in [0.05, 0.1) is 0 Å². The van der Waals surface area contributed by atoms with Gasteiger partial charge in [-0.2, -0.15) is 23.3 Å². The zero-order chi connectivity index (χ0) is 29.9. The van der Waals surface area contributed by atoms with Crippen LogP contribution in [0.4, 0.5) is 0 Å². The second-order valence-corrected chi connectivity index (χ2v) is 33.2. The Balaban J connectivity index is 0.000000162. The van der Waals surface area contributed by atoms with Crippen LogP contribution in [0.2, 0.25) is 13.1 Å². The first-order chi connectivity index (χ1) is 20.4. The molecule has 0 N–H and O–H groups in total. The number of halogens is 2. The molecule has 0 unspecified atom stereocenters. The summed E-state index contributed by atoms with van der Waals surface area (Å²) in [6.45, 7) is 8.68. The van der Waals surface area contributed by atoms with Crippen molar-refractivity contribution in [1.82, 2.24) is 0 Å². The number of aryl methyl sites for hydroxylation is 2. The van der Waals surface area contributed by atoms with E-state index in [1.807, 2.05) is 0 Å². The molecule has 0 radical (unpaired) electrons. The molecule has 0 aromatic heterocycles. The Morgan fingerprint density at radius 1 is 0.524 bits per heavy atom. The van der Waals surface area contributed by atoms with Crippen LogP contribution in [0.3, 0.4) is 0 Å². The zero-order valence-electron chi connectivity index (χ0n) is 24.7. The molecular weight excluding hydrogens is 647 g/mol. The second-order valence-electron chi connectivity index (χ2n) is 10.2. The van der Waals surface area contributed by atoms with Gasteiger partial charge < -0.3 is 0 Å². The third kappa shape index (κ3) is 8.77. The first-order valence-corrected chi connectivity index (χ1v) is 26.9. The summed E-state index contributed by atoms with van der Waals surface area (Å²) in [6, 6.07) is 49.6.